The van der Waals surface area contributed by atoms with Crippen LogP contribution in [0, 0.1) is 5.92 Å². The standard InChI is InChI=1S/C15H19NO3/c17-9-13-5-3-7-16(13)15(18)12-8-11-4-1-2-6-14(11)19-10-12/h1-2,4,6,12-13,17H,3,5,7-10H2. The molecule has 2 unspecified atom stereocenters. The van der Waals surface area contributed by atoms with Gasteiger partial charge in [-0.3, -0.25) is 4.79 Å². The number of rotatable bonds is 2. The van der Waals surface area contributed by atoms with Gasteiger partial charge in [0.05, 0.1) is 18.6 Å². The molecule has 2 aliphatic rings. The number of carbonyl (C=O) groups is 1. The SMILES string of the molecule is O=C(C1COc2ccccc2C1)N1CCCC1CO. The maximum Gasteiger partial charge on any atom is 0.229 e. The number of amides is 1. The minimum atomic E-state index is -0.109. The Morgan fingerprint density at radius 2 is 2.26 bits per heavy atom. The van der Waals surface area contributed by atoms with Crippen molar-refractivity contribution in [2.75, 3.05) is 19.8 Å². The van der Waals surface area contributed by atoms with E-state index >= 15 is 0 Å². The summed E-state index contributed by atoms with van der Waals surface area (Å²) in [5.41, 5.74) is 1.10. The molecule has 1 aromatic carbocycles. The van der Waals surface area contributed by atoms with Crippen LogP contribution < -0.4 is 4.74 Å². The van der Waals surface area contributed by atoms with Crippen molar-refractivity contribution in [2.24, 2.45) is 5.92 Å². The molecule has 0 aliphatic carbocycles. The van der Waals surface area contributed by atoms with Crippen LogP contribution in [-0.4, -0.2) is 41.7 Å². The fraction of sp³-hybridized carbons (Fsp3) is 0.533. The Bertz CT molecular complexity index is 474. The molecule has 0 radical (unpaired) electrons. The molecule has 1 aromatic rings. The van der Waals surface area contributed by atoms with Gasteiger partial charge in [0, 0.05) is 6.54 Å². The van der Waals surface area contributed by atoms with Gasteiger partial charge >= 0.3 is 0 Å². The first-order valence-corrected chi connectivity index (χ1v) is 6.91. The molecule has 102 valence electrons. The largest absolute Gasteiger partial charge is 0.492 e. The summed E-state index contributed by atoms with van der Waals surface area (Å²) in [6, 6.07) is 7.89. The Morgan fingerprint density at radius 1 is 1.42 bits per heavy atom. The normalized spacial score (nSPS) is 25.8. The van der Waals surface area contributed by atoms with Gasteiger partial charge in [-0.25, -0.2) is 0 Å². The predicted molar refractivity (Wildman–Crippen MR) is 71.0 cm³/mol. The number of aliphatic hydroxyl groups is 1. The van der Waals surface area contributed by atoms with Crippen molar-refractivity contribution in [2.45, 2.75) is 25.3 Å². The Hall–Kier alpha value is -1.55. The zero-order valence-corrected chi connectivity index (χ0v) is 10.9. The molecule has 4 heteroatoms. The fourth-order valence-electron chi connectivity index (χ4n) is 3.04. The van der Waals surface area contributed by atoms with Crippen molar-refractivity contribution in [3.05, 3.63) is 29.8 Å². The van der Waals surface area contributed by atoms with E-state index in [9.17, 15) is 9.90 Å². The molecule has 2 heterocycles. The quantitative estimate of drug-likeness (QED) is 0.871. The van der Waals surface area contributed by atoms with Gasteiger partial charge in [-0.1, -0.05) is 18.2 Å². The summed E-state index contributed by atoms with van der Waals surface area (Å²) in [5, 5.41) is 9.32. The molecule has 1 fully saturated rings. The summed E-state index contributed by atoms with van der Waals surface area (Å²) in [6.07, 6.45) is 2.64. The van der Waals surface area contributed by atoms with Crippen molar-refractivity contribution < 1.29 is 14.6 Å². The number of hydrogen-bond acceptors (Lipinski definition) is 3. The molecule has 0 saturated carbocycles. The first-order valence-electron chi connectivity index (χ1n) is 6.91. The molecule has 4 nitrogen and oxygen atoms in total. The number of ether oxygens (including phenoxy) is 1. The highest BCUT2D eigenvalue weighted by Crippen LogP contribution is 2.29. The number of hydrogen-bond donors (Lipinski definition) is 1. The van der Waals surface area contributed by atoms with Crippen LogP contribution in [0.1, 0.15) is 18.4 Å². The van der Waals surface area contributed by atoms with Gasteiger partial charge < -0.3 is 14.7 Å². The van der Waals surface area contributed by atoms with Gasteiger partial charge in [-0.2, -0.15) is 0 Å². The smallest absolute Gasteiger partial charge is 0.229 e. The number of benzene rings is 1. The van der Waals surface area contributed by atoms with Crippen LogP contribution >= 0.6 is 0 Å². The van der Waals surface area contributed by atoms with Crippen LogP contribution in [0.15, 0.2) is 24.3 Å². The number of fused-ring (bicyclic) bond motifs is 1. The van der Waals surface area contributed by atoms with E-state index in [0.717, 1.165) is 37.1 Å². The second-order valence-corrected chi connectivity index (χ2v) is 5.33. The summed E-state index contributed by atoms with van der Waals surface area (Å²) < 4.78 is 5.68. The minimum absolute atomic E-state index is 0.00432. The fourth-order valence-corrected chi connectivity index (χ4v) is 3.04. The van der Waals surface area contributed by atoms with Gasteiger partial charge in [0.15, 0.2) is 0 Å². The highest BCUT2D eigenvalue weighted by molar-refractivity contribution is 5.80. The van der Waals surface area contributed by atoms with Crippen LogP contribution in [0.5, 0.6) is 5.75 Å². The summed E-state index contributed by atoms with van der Waals surface area (Å²) >= 11 is 0. The zero-order valence-electron chi connectivity index (χ0n) is 10.9. The van der Waals surface area contributed by atoms with Crippen molar-refractivity contribution in [3.63, 3.8) is 0 Å². The van der Waals surface area contributed by atoms with Gasteiger partial charge in [-0.05, 0) is 30.9 Å². The molecule has 0 spiro atoms. The number of nitrogens with zero attached hydrogens (tertiary/aromatic N) is 1. The third-order valence-corrected chi connectivity index (χ3v) is 4.10. The summed E-state index contributed by atoms with van der Waals surface area (Å²) in [6.45, 7) is 1.28. The van der Waals surface area contributed by atoms with E-state index < -0.39 is 0 Å². The zero-order chi connectivity index (χ0) is 13.2. The van der Waals surface area contributed by atoms with E-state index in [4.69, 9.17) is 4.74 Å². The average molecular weight is 261 g/mol. The molecular formula is C15H19NO3. The third-order valence-electron chi connectivity index (χ3n) is 4.10. The number of carbonyl (C=O) groups excluding carboxylic acids is 1. The van der Waals surface area contributed by atoms with Crippen LogP contribution in [0.3, 0.4) is 0 Å². The van der Waals surface area contributed by atoms with Crippen LogP contribution in [0.25, 0.3) is 0 Å². The number of para-hydroxylation sites is 1. The van der Waals surface area contributed by atoms with Crippen molar-refractivity contribution in [3.8, 4) is 5.75 Å². The van der Waals surface area contributed by atoms with E-state index in [1.54, 1.807) is 0 Å². The van der Waals surface area contributed by atoms with Crippen molar-refractivity contribution >= 4 is 5.91 Å². The molecule has 1 saturated heterocycles. The van der Waals surface area contributed by atoms with E-state index in [2.05, 4.69) is 0 Å². The van der Waals surface area contributed by atoms with E-state index in [0.29, 0.717) is 6.61 Å². The lowest BCUT2D eigenvalue weighted by atomic mass is 9.95. The highest BCUT2D eigenvalue weighted by atomic mass is 16.5. The van der Waals surface area contributed by atoms with E-state index in [1.165, 1.54) is 0 Å². The maximum atomic E-state index is 12.5. The topological polar surface area (TPSA) is 49.8 Å². The van der Waals surface area contributed by atoms with Gasteiger partial charge in [-0.15, -0.1) is 0 Å². The second-order valence-electron chi connectivity index (χ2n) is 5.33. The second kappa shape index (κ2) is 5.21. The lowest BCUT2D eigenvalue weighted by Crippen LogP contribution is -2.44. The summed E-state index contributed by atoms with van der Waals surface area (Å²) in [4.78, 5) is 14.3. The summed E-state index contributed by atoms with van der Waals surface area (Å²) in [5.74, 6) is 0.916. The molecule has 3 rings (SSSR count). The van der Waals surface area contributed by atoms with Crippen LogP contribution in [0.2, 0.25) is 0 Å². The average Bonchev–Trinajstić information content (AvgIpc) is 2.94. The van der Waals surface area contributed by atoms with Crippen LogP contribution in [0.4, 0.5) is 0 Å². The number of aliphatic hydroxyl groups excluding tert-OH is 1. The lowest BCUT2D eigenvalue weighted by molar-refractivity contribution is -0.138. The molecule has 19 heavy (non-hydrogen) atoms. The predicted octanol–water partition coefficient (Wildman–Crippen LogP) is 1.22. The maximum absolute atomic E-state index is 12.5. The molecule has 0 bridgehead atoms. The Kier molecular flexibility index (Phi) is 3.42. The van der Waals surface area contributed by atoms with Gasteiger partial charge in [0.2, 0.25) is 5.91 Å². The highest BCUT2D eigenvalue weighted by Gasteiger charge is 2.34. The van der Waals surface area contributed by atoms with Gasteiger partial charge in [0.1, 0.15) is 12.4 Å². The van der Waals surface area contributed by atoms with E-state index in [1.807, 2.05) is 29.2 Å². The van der Waals surface area contributed by atoms with Crippen LogP contribution in [-0.2, 0) is 11.2 Å². The minimum Gasteiger partial charge on any atom is -0.492 e. The van der Waals surface area contributed by atoms with Crippen molar-refractivity contribution in [1.82, 2.24) is 4.90 Å². The van der Waals surface area contributed by atoms with Gasteiger partial charge in [0.25, 0.3) is 0 Å². The first kappa shape index (κ1) is 12.5. The monoisotopic (exact) mass is 261 g/mol. The summed E-state index contributed by atoms with van der Waals surface area (Å²) in [7, 11) is 0. The molecule has 2 aliphatic heterocycles. The first-order chi connectivity index (χ1) is 9.29. The lowest BCUT2D eigenvalue weighted by Gasteiger charge is -2.30. The van der Waals surface area contributed by atoms with Crippen molar-refractivity contribution in [1.29, 1.82) is 0 Å². The Morgan fingerprint density at radius 3 is 3.11 bits per heavy atom. The molecule has 2 atom stereocenters. The van der Waals surface area contributed by atoms with E-state index in [-0.39, 0.29) is 24.5 Å². The third kappa shape index (κ3) is 2.32. The molecular weight excluding hydrogens is 242 g/mol. The molecule has 1 N–H and O–H groups in total. The number of likely N-dealkylation sites (tertiary alicyclic amines) is 1. The molecule has 1 amide bonds. The molecule has 0 aromatic heterocycles. The Balaban J connectivity index is 1.72. The Labute approximate surface area is 113 Å².